The molecule has 0 saturated carbocycles. The van der Waals surface area contributed by atoms with Crippen LogP contribution in [0.15, 0.2) is 52.4 Å². The topological polar surface area (TPSA) is 41.5 Å². The number of rotatable bonds is 2. The minimum absolute atomic E-state index is 0.230. The van der Waals surface area contributed by atoms with Crippen molar-refractivity contribution in [3.8, 4) is 0 Å². The number of aliphatic imine (C=N–C) groups is 1. The van der Waals surface area contributed by atoms with Crippen LogP contribution in [0.1, 0.15) is 5.56 Å². The highest BCUT2D eigenvalue weighted by Crippen LogP contribution is 2.34. The molecule has 2 aromatic carbocycles. The fraction of sp³-hybridized carbons (Fsp3) is 0. The first-order chi connectivity index (χ1) is 11.0. The lowest BCUT2D eigenvalue weighted by Gasteiger charge is -2.01. The second kappa shape index (κ2) is 6.97. The molecule has 7 heteroatoms. The summed E-state index contributed by atoms with van der Waals surface area (Å²) >= 11 is 19.4. The minimum Gasteiger partial charge on any atom is -0.300 e. The molecule has 1 N–H and O–H groups in total. The van der Waals surface area contributed by atoms with E-state index in [-0.39, 0.29) is 5.91 Å². The molecule has 1 saturated heterocycles. The molecule has 3 nitrogen and oxygen atoms in total. The maximum atomic E-state index is 12.1. The van der Waals surface area contributed by atoms with E-state index in [0.29, 0.717) is 30.8 Å². The first kappa shape index (κ1) is 16.4. The third kappa shape index (κ3) is 3.72. The summed E-state index contributed by atoms with van der Waals surface area (Å²) in [6.45, 7) is 0. The van der Waals surface area contributed by atoms with Gasteiger partial charge in [-0.2, -0.15) is 0 Å². The van der Waals surface area contributed by atoms with Crippen molar-refractivity contribution in [1.82, 2.24) is 5.32 Å². The van der Waals surface area contributed by atoms with Gasteiger partial charge in [0.25, 0.3) is 5.91 Å². The van der Waals surface area contributed by atoms with Crippen LogP contribution in [0.25, 0.3) is 6.08 Å². The molecule has 1 heterocycles. The molecular formula is C16H9Cl3N2OS. The molecule has 0 atom stereocenters. The van der Waals surface area contributed by atoms with Gasteiger partial charge in [0.1, 0.15) is 0 Å². The third-order valence-corrected chi connectivity index (χ3v) is 5.06. The third-order valence-electron chi connectivity index (χ3n) is 3.00. The van der Waals surface area contributed by atoms with E-state index in [9.17, 15) is 4.79 Å². The van der Waals surface area contributed by atoms with Gasteiger partial charge in [-0.05, 0) is 41.6 Å². The van der Waals surface area contributed by atoms with Gasteiger partial charge in [-0.15, -0.1) is 0 Å². The predicted molar refractivity (Wildman–Crippen MR) is 98.7 cm³/mol. The zero-order valence-electron chi connectivity index (χ0n) is 11.5. The Kier molecular flexibility index (Phi) is 4.97. The van der Waals surface area contributed by atoms with Crippen molar-refractivity contribution in [3.63, 3.8) is 0 Å². The summed E-state index contributed by atoms with van der Waals surface area (Å²) < 4.78 is 0. The highest BCUT2D eigenvalue weighted by molar-refractivity contribution is 8.18. The lowest BCUT2D eigenvalue weighted by atomic mass is 10.2. The van der Waals surface area contributed by atoms with Crippen LogP contribution in [0, 0.1) is 0 Å². The average Bonchev–Trinajstić information content (AvgIpc) is 2.86. The van der Waals surface area contributed by atoms with E-state index >= 15 is 0 Å². The van der Waals surface area contributed by atoms with Crippen molar-refractivity contribution in [2.24, 2.45) is 4.99 Å². The summed E-state index contributed by atoms with van der Waals surface area (Å²) in [5.41, 5.74) is 1.27. The number of benzene rings is 2. The molecule has 116 valence electrons. The molecule has 0 aromatic heterocycles. The van der Waals surface area contributed by atoms with Crippen molar-refractivity contribution in [3.05, 3.63) is 68.0 Å². The molecule has 1 aliphatic heterocycles. The maximum Gasteiger partial charge on any atom is 0.264 e. The van der Waals surface area contributed by atoms with Crippen LogP contribution in [0.2, 0.25) is 15.1 Å². The molecule has 23 heavy (non-hydrogen) atoms. The quantitative estimate of drug-likeness (QED) is 0.692. The number of halogens is 3. The lowest BCUT2D eigenvalue weighted by Crippen LogP contribution is -2.19. The molecule has 0 spiro atoms. The largest absolute Gasteiger partial charge is 0.300 e. The minimum atomic E-state index is -0.230. The normalized spacial score (nSPS) is 17.8. The second-order valence-corrected chi connectivity index (χ2v) is 6.80. The second-order valence-electron chi connectivity index (χ2n) is 4.58. The number of carbonyl (C=O) groups is 1. The molecule has 0 radical (unpaired) electrons. The van der Waals surface area contributed by atoms with Crippen LogP contribution in [0.3, 0.4) is 0 Å². The van der Waals surface area contributed by atoms with Gasteiger partial charge in [0, 0.05) is 5.02 Å². The SMILES string of the molecule is O=C1NC(=Nc2cccc(Cl)c2Cl)S/C1=C\c1ccccc1Cl. The number of amides is 1. The number of amidine groups is 1. The summed E-state index contributed by atoms with van der Waals surface area (Å²) in [6.07, 6.45) is 1.73. The molecule has 1 fully saturated rings. The van der Waals surface area contributed by atoms with Crippen LogP contribution in [-0.4, -0.2) is 11.1 Å². The highest BCUT2D eigenvalue weighted by Gasteiger charge is 2.24. The van der Waals surface area contributed by atoms with Crippen molar-refractivity contribution in [2.75, 3.05) is 0 Å². The Labute approximate surface area is 152 Å². The van der Waals surface area contributed by atoms with Gasteiger partial charge in [-0.25, -0.2) is 4.99 Å². The number of hydrogen-bond donors (Lipinski definition) is 1. The van der Waals surface area contributed by atoms with Crippen LogP contribution in [0.5, 0.6) is 0 Å². The number of thioether (sulfide) groups is 1. The van der Waals surface area contributed by atoms with Gasteiger partial charge in [0.05, 0.1) is 20.6 Å². The van der Waals surface area contributed by atoms with E-state index in [2.05, 4.69) is 10.3 Å². The first-order valence-corrected chi connectivity index (χ1v) is 8.48. The molecule has 1 amide bonds. The lowest BCUT2D eigenvalue weighted by molar-refractivity contribution is -0.115. The van der Waals surface area contributed by atoms with Gasteiger partial charge < -0.3 is 5.32 Å². The molecule has 1 aliphatic rings. The molecule has 0 unspecified atom stereocenters. The maximum absolute atomic E-state index is 12.1. The van der Waals surface area contributed by atoms with Gasteiger partial charge in [0.15, 0.2) is 5.17 Å². The fourth-order valence-electron chi connectivity index (χ4n) is 1.90. The number of hydrogen-bond acceptors (Lipinski definition) is 3. The van der Waals surface area contributed by atoms with Crippen molar-refractivity contribution in [2.45, 2.75) is 0 Å². The number of nitrogens with zero attached hydrogens (tertiary/aromatic N) is 1. The summed E-state index contributed by atoms with van der Waals surface area (Å²) in [5, 5.41) is 4.48. The number of carbonyl (C=O) groups excluding carboxylic acids is 1. The van der Waals surface area contributed by atoms with Crippen LogP contribution >= 0.6 is 46.6 Å². The summed E-state index contributed by atoms with van der Waals surface area (Å²) in [6, 6.07) is 12.4. The van der Waals surface area contributed by atoms with Gasteiger partial charge in [0.2, 0.25) is 0 Å². The van der Waals surface area contributed by atoms with E-state index in [0.717, 1.165) is 5.56 Å². The van der Waals surface area contributed by atoms with E-state index in [1.165, 1.54) is 11.8 Å². The summed E-state index contributed by atoms with van der Waals surface area (Å²) in [5.74, 6) is -0.230. The highest BCUT2D eigenvalue weighted by atomic mass is 35.5. The zero-order valence-corrected chi connectivity index (χ0v) is 14.6. The first-order valence-electron chi connectivity index (χ1n) is 6.53. The van der Waals surface area contributed by atoms with Crippen molar-refractivity contribution < 1.29 is 4.79 Å². The van der Waals surface area contributed by atoms with Gasteiger partial charge in [-0.1, -0.05) is 59.1 Å². The Bertz CT molecular complexity index is 849. The summed E-state index contributed by atoms with van der Waals surface area (Å²) in [4.78, 5) is 16.9. The Morgan fingerprint density at radius 3 is 2.52 bits per heavy atom. The predicted octanol–water partition coefficient (Wildman–Crippen LogP) is 5.54. The van der Waals surface area contributed by atoms with Crippen LogP contribution in [0.4, 0.5) is 5.69 Å². The molecule has 3 rings (SSSR count). The standard InChI is InChI=1S/C16H9Cl3N2OS/c17-10-5-2-1-4-9(10)8-13-15(22)21-16(23-13)20-12-7-3-6-11(18)14(12)19/h1-8H,(H,20,21,22)/b13-8-. The van der Waals surface area contributed by atoms with Crippen LogP contribution < -0.4 is 5.32 Å². The molecule has 0 bridgehead atoms. The van der Waals surface area contributed by atoms with Crippen molar-refractivity contribution >= 4 is 69.4 Å². The average molecular weight is 384 g/mol. The van der Waals surface area contributed by atoms with Crippen LogP contribution in [-0.2, 0) is 4.79 Å². The van der Waals surface area contributed by atoms with E-state index in [4.69, 9.17) is 34.8 Å². The molecule has 2 aromatic rings. The smallest absolute Gasteiger partial charge is 0.264 e. The summed E-state index contributed by atoms with van der Waals surface area (Å²) in [7, 11) is 0. The molecular weight excluding hydrogens is 375 g/mol. The van der Waals surface area contributed by atoms with E-state index in [1.807, 2.05) is 18.2 Å². The van der Waals surface area contributed by atoms with Gasteiger partial charge >= 0.3 is 0 Å². The Balaban J connectivity index is 1.89. The number of nitrogens with one attached hydrogen (secondary N) is 1. The van der Waals surface area contributed by atoms with Crippen molar-refractivity contribution in [1.29, 1.82) is 0 Å². The Morgan fingerprint density at radius 2 is 1.74 bits per heavy atom. The van der Waals surface area contributed by atoms with E-state index < -0.39 is 0 Å². The van der Waals surface area contributed by atoms with E-state index in [1.54, 1.807) is 30.3 Å². The monoisotopic (exact) mass is 382 g/mol. The fourth-order valence-corrected chi connectivity index (χ4v) is 3.26. The Morgan fingerprint density at radius 1 is 1.00 bits per heavy atom. The van der Waals surface area contributed by atoms with Gasteiger partial charge in [-0.3, -0.25) is 4.79 Å². The zero-order chi connectivity index (χ0) is 16.4. The Hall–Kier alpha value is -1.46. The molecule has 0 aliphatic carbocycles.